The van der Waals surface area contributed by atoms with Gasteiger partial charge in [0.25, 0.3) is 5.91 Å². The van der Waals surface area contributed by atoms with Gasteiger partial charge in [0, 0.05) is 23.9 Å². The predicted molar refractivity (Wildman–Crippen MR) is 71.5 cm³/mol. The van der Waals surface area contributed by atoms with E-state index >= 15 is 0 Å². The number of hydrogen-bond acceptors (Lipinski definition) is 3. The highest BCUT2D eigenvalue weighted by Gasteiger charge is 2.21. The fourth-order valence-corrected chi connectivity index (χ4v) is 2.33. The smallest absolute Gasteiger partial charge is 0.251 e. The molecule has 1 aromatic rings. The first kappa shape index (κ1) is 12.9. The molecule has 2 rings (SSSR count). The lowest BCUT2D eigenvalue weighted by molar-refractivity contribution is 0.0136. The van der Waals surface area contributed by atoms with Crippen LogP contribution in [0.5, 0.6) is 0 Å². The van der Waals surface area contributed by atoms with Gasteiger partial charge in [0.2, 0.25) is 0 Å². The van der Waals surface area contributed by atoms with E-state index in [0.29, 0.717) is 17.9 Å². The summed E-state index contributed by atoms with van der Waals surface area (Å²) in [4.78, 5) is 12.2. The Morgan fingerprint density at radius 1 is 1.50 bits per heavy atom. The first-order valence-corrected chi connectivity index (χ1v) is 6.35. The molecule has 0 radical (unpaired) electrons. The van der Waals surface area contributed by atoms with Gasteiger partial charge in [0.05, 0.1) is 6.10 Å². The van der Waals surface area contributed by atoms with Gasteiger partial charge in [0.1, 0.15) is 0 Å². The second kappa shape index (κ2) is 5.40. The Balaban J connectivity index is 2.03. The number of benzene rings is 1. The lowest BCUT2D eigenvalue weighted by atomic mass is 10.0. The number of nitrogens with one attached hydrogen (secondary N) is 1. The Hall–Kier alpha value is -1.55. The number of amides is 1. The quantitative estimate of drug-likeness (QED) is 0.785. The third-order valence-electron chi connectivity index (χ3n) is 3.32. The fraction of sp³-hybridized carbons (Fsp3) is 0.500. The topological polar surface area (TPSA) is 64.4 Å². The van der Waals surface area contributed by atoms with Gasteiger partial charge in [-0.1, -0.05) is 0 Å². The molecule has 0 saturated carbocycles. The first-order valence-electron chi connectivity index (χ1n) is 6.35. The summed E-state index contributed by atoms with van der Waals surface area (Å²) in [7, 11) is 0. The highest BCUT2D eigenvalue weighted by molar-refractivity contribution is 5.96. The van der Waals surface area contributed by atoms with Crippen LogP contribution in [0.3, 0.4) is 0 Å². The molecule has 1 saturated heterocycles. The van der Waals surface area contributed by atoms with Crippen molar-refractivity contribution in [1.29, 1.82) is 0 Å². The molecule has 0 spiro atoms. The zero-order valence-corrected chi connectivity index (χ0v) is 10.9. The van der Waals surface area contributed by atoms with Gasteiger partial charge in [-0.15, -0.1) is 0 Å². The summed E-state index contributed by atoms with van der Waals surface area (Å²) in [6, 6.07) is 5.57. The summed E-state index contributed by atoms with van der Waals surface area (Å²) in [6.45, 7) is 4.65. The maximum absolute atomic E-state index is 12.2. The van der Waals surface area contributed by atoms with E-state index in [-0.39, 0.29) is 18.1 Å². The van der Waals surface area contributed by atoms with Crippen molar-refractivity contribution >= 4 is 11.6 Å². The summed E-state index contributed by atoms with van der Waals surface area (Å²) in [5.41, 5.74) is 7.97. The van der Waals surface area contributed by atoms with E-state index in [1.54, 1.807) is 12.1 Å². The van der Waals surface area contributed by atoms with Crippen molar-refractivity contribution in [2.45, 2.75) is 38.8 Å². The van der Waals surface area contributed by atoms with Crippen LogP contribution in [-0.2, 0) is 4.74 Å². The summed E-state index contributed by atoms with van der Waals surface area (Å²) in [6.07, 6.45) is 1.97. The molecule has 3 N–H and O–H groups in total. The van der Waals surface area contributed by atoms with Crippen molar-refractivity contribution < 1.29 is 9.53 Å². The van der Waals surface area contributed by atoms with Gasteiger partial charge in [0.15, 0.2) is 0 Å². The Morgan fingerprint density at radius 2 is 2.28 bits per heavy atom. The van der Waals surface area contributed by atoms with Crippen molar-refractivity contribution in [2.24, 2.45) is 0 Å². The number of aryl methyl sites for hydroxylation is 1. The van der Waals surface area contributed by atoms with Crippen molar-refractivity contribution in [3.05, 3.63) is 29.3 Å². The Kier molecular flexibility index (Phi) is 3.87. The molecule has 1 heterocycles. The van der Waals surface area contributed by atoms with Crippen molar-refractivity contribution in [3.8, 4) is 0 Å². The maximum atomic E-state index is 12.2. The SMILES string of the molecule is Cc1cc(N)ccc1C(=O)NC1CCOC(C)C1. The number of nitrogen functional groups attached to an aromatic ring is 1. The zero-order chi connectivity index (χ0) is 13.1. The third kappa shape index (κ3) is 3.01. The molecule has 1 aromatic carbocycles. The molecule has 0 bridgehead atoms. The number of carbonyl (C=O) groups is 1. The fourth-order valence-electron chi connectivity index (χ4n) is 2.33. The molecule has 1 fully saturated rings. The molecule has 0 aliphatic carbocycles. The number of ether oxygens (including phenoxy) is 1. The summed E-state index contributed by atoms with van der Waals surface area (Å²) >= 11 is 0. The van der Waals surface area contributed by atoms with Crippen LogP contribution in [0.25, 0.3) is 0 Å². The predicted octanol–water partition coefficient (Wildman–Crippen LogP) is 1.87. The molecule has 2 unspecified atom stereocenters. The lowest BCUT2D eigenvalue weighted by Gasteiger charge is -2.28. The van der Waals surface area contributed by atoms with Crippen LogP contribution >= 0.6 is 0 Å². The summed E-state index contributed by atoms with van der Waals surface area (Å²) < 4.78 is 5.47. The van der Waals surface area contributed by atoms with Gasteiger partial charge >= 0.3 is 0 Å². The van der Waals surface area contributed by atoms with Crippen LogP contribution in [0.2, 0.25) is 0 Å². The van der Waals surface area contributed by atoms with Gasteiger partial charge in [-0.05, 0) is 50.5 Å². The Bertz CT molecular complexity index is 445. The average Bonchev–Trinajstić information content (AvgIpc) is 2.28. The molecule has 4 nitrogen and oxygen atoms in total. The molecular formula is C14H20N2O2. The highest BCUT2D eigenvalue weighted by atomic mass is 16.5. The van der Waals surface area contributed by atoms with Crippen molar-refractivity contribution in [3.63, 3.8) is 0 Å². The molecule has 4 heteroatoms. The highest BCUT2D eigenvalue weighted by Crippen LogP contribution is 2.16. The van der Waals surface area contributed by atoms with Gasteiger partial charge in [-0.3, -0.25) is 4.79 Å². The molecular weight excluding hydrogens is 228 g/mol. The summed E-state index contributed by atoms with van der Waals surface area (Å²) in [5, 5.41) is 3.07. The van der Waals surface area contributed by atoms with E-state index in [1.165, 1.54) is 0 Å². The van der Waals surface area contributed by atoms with E-state index in [4.69, 9.17) is 10.5 Å². The second-order valence-electron chi connectivity index (χ2n) is 4.95. The normalized spacial score (nSPS) is 23.7. The van der Waals surface area contributed by atoms with Crippen LogP contribution in [-0.4, -0.2) is 24.7 Å². The second-order valence-corrected chi connectivity index (χ2v) is 4.95. The number of carbonyl (C=O) groups excluding carboxylic acids is 1. The van der Waals surface area contributed by atoms with Gasteiger partial charge in [-0.2, -0.15) is 0 Å². The zero-order valence-electron chi connectivity index (χ0n) is 10.9. The number of rotatable bonds is 2. The minimum atomic E-state index is -0.0217. The van der Waals surface area contributed by atoms with Crippen LogP contribution in [0, 0.1) is 6.92 Å². The van der Waals surface area contributed by atoms with Gasteiger partial charge in [-0.25, -0.2) is 0 Å². The molecule has 1 aliphatic heterocycles. The minimum Gasteiger partial charge on any atom is -0.399 e. The molecule has 18 heavy (non-hydrogen) atoms. The van der Waals surface area contributed by atoms with E-state index in [2.05, 4.69) is 5.32 Å². The number of hydrogen-bond donors (Lipinski definition) is 2. The molecule has 2 atom stereocenters. The van der Waals surface area contributed by atoms with E-state index in [9.17, 15) is 4.79 Å². The minimum absolute atomic E-state index is 0.0217. The van der Waals surface area contributed by atoms with E-state index in [1.807, 2.05) is 19.9 Å². The van der Waals surface area contributed by atoms with Crippen molar-refractivity contribution in [1.82, 2.24) is 5.32 Å². The first-order chi connectivity index (χ1) is 8.56. The Morgan fingerprint density at radius 3 is 2.94 bits per heavy atom. The van der Waals surface area contributed by atoms with Crippen LogP contribution in [0.1, 0.15) is 35.7 Å². The maximum Gasteiger partial charge on any atom is 0.251 e. The summed E-state index contributed by atoms with van der Waals surface area (Å²) in [5.74, 6) is -0.0217. The largest absolute Gasteiger partial charge is 0.399 e. The van der Waals surface area contributed by atoms with Crippen LogP contribution in [0.15, 0.2) is 18.2 Å². The van der Waals surface area contributed by atoms with E-state index in [0.717, 1.165) is 18.4 Å². The third-order valence-corrected chi connectivity index (χ3v) is 3.32. The monoisotopic (exact) mass is 248 g/mol. The molecule has 1 aliphatic rings. The average molecular weight is 248 g/mol. The number of anilines is 1. The van der Waals surface area contributed by atoms with Gasteiger partial charge < -0.3 is 15.8 Å². The standard InChI is InChI=1S/C14H20N2O2/c1-9-7-11(15)3-4-13(9)14(17)16-12-5-6-18-10(2)8-12/h3-4,7,10,12H,5-6,8,15H2,1-2H3,(H,16,17). The lowest BCUT2D eigenvalue weighted by Crippen LogP contribution is -2.41. The van der Waals surface area contributed by atoms with E-state index < -0.39 is 0 Å². The molecule has 98 valence electrons. The number of nitrogens with two attached hydrogens (primary N) is 1. The van der Waals surface area contributed by atoms with Crippen LogP contribution in [0.4, 0.5) is 5.69 Å². The Labute approximate surface area is 108 Å². The molecule has 0 aromatic heterocycles. The van der Waals surface area contributed by atoms with Crippen molar-refractivity contribution in [2.75, 3.05) is 12.3 Å². The van der Waals surface area contributed by atoms with Crippen LogP contribution < -0.4 is 11.1 Å². The molecule has 1 amide bonds.